The Morgan fingerprint density at radius 2 is 2.29 bits per heavy atom. The van der Waals surface area contributed by atoms with Gasteiger partial charge in [0.1, 0.15) is 5.82 Å². The maximum atomic E-state index is 13.3. The molecule has 1 aromatic heterocycles. The van der Waals surface area contributed by atoms with Gasteiger partial charge in [-0.25, -0.2) is 4.39 Å². The second-order valence-corrected chi connectivity index (χ2v) is 6.34. The summed E-state index contributed by atoms with van der Waals surface area (Å²) >= 11 is 2.15. The van der Waals surface area contributed by atoms with Crippen LogP contribution in [0, 0.1) is 5.82 Å². The minimum Gasteiger partial charge on any atom is -0.313 e. The minimum atomic E-state index is -0.389. The summed E-state index contributed by atoms with van der Waals surface area (Å²) in [5.74, 6) is -0.717. The van der Waals surface area contributed by atoms with Crippen molar-refractivity contribution in [2.75, 3.05) is 5.75 Å². The molecule has 0 atom stereocenters. The summed E-state index contributed by atoms with van der Waals surface area (Å²) in [5, 5.41) is -0.129. The molecule has 0 bridgehead atoms. The van der Waals surface area contributed by atoms with Gasteiger partial charge in [0.2, 0.25) is 0 Å². The smallest absolute Gasteiger partial charge is 0.258 e. The average Bonchev–Trinajstić information content (AvgIpc) is 2.74. The predicted octanol–water partition coefficient (Wildman–Crippen LogP) is 2.73. The Bertz CT molecular complexity index is 777. The minimum absolute atomic E-state index is 0.00598. The fourth-order valence-electron chi connectivity index (χ4n) is 1.74. The van der Waals surface area contributed by atoms with Crippen LogP contribution in [0.5, 0.6) is 0 Å². The first-order valence-electron chi connectivity index (χ1n) is 6.12. The zero-order valence-electron chi connectivity index (χ0n) is 11.3. The first-order chi connectivity index (χ1) is 10.0. The summed E-state index contributed by atoms with van der Waals surface area (Å²) in [6.45, 7) is 5.54. The molecule has 4 nitrogen and oxygen atoms in total. The van der Waals surface area contributed by atoms with E-state index in [2.05, 4.69) is 11.6 Å². The van der Waals surface area contributed by atoms with Gasteiger partial charge in [0, 0.05) is 13.5 Å². The number of halogens is 1. The number of allylic oxidation sites excluding steroid dienone is 1. The van der Waals surface area contributed by atoms with E-state index >= 15 is 0 Å². The van der Waals surface area contributed by atoms with Crippen molar-refractivity contribution in [3.05, 3.63) is 41.5 Å². The predicted molar refractivity (Wildman–Crippen MR) is 83.7 cm³/mol. The molecule has 2 rings (SSSR count). The summed E-state index contributed by atoms with van der Waals surface area (Å²) in [7, 11) is 0. The maximum Gasteiger partial charge on any atom is 0.258 e. The molecule has 2 aromatic rings. The molecule has 0 unspecified atom stereocenters. The summed E-state index contributed by atoms with van der Waals surface area (Å²) in [6.07, 6.45) is 1.68. The number of benzene rings is 1. The average molecular weight is 324 g/mol. The topological polar surface area (TPSA) is 51.4 Å². The number of carbonyl (C=O) groups excluding carboxylic acids is 2. The number of fused-ring (bicyclic) bond motifs is 1. The van der Waals surface area contributed by atoms with Crippen LogP contribution in [0.2, 0.25) is 0 Å². The second kappa shape index (κ2) is 6.82. The van der Waals surface area contributed by atoms with Crippen LogP contribution >= 0.6 is 23.1 Å². The number of hydrogen-bond acceptors (Lipinski definition) is 4. The highest BCUT2D eigenvalue weighted by Gasteiger charge is 2.08. The Morgan fingerprint density at radius 1 is 1.52 bits per heavy atom. The van der Waals surface area contributed by atoms with Crippen LogP contribution in [-0.4, -0.2) is 21.3 Å². The molecule has 0 N–H and O–H groups in total. The number of aromatic nitrogens is 1. The van der Waals surface area contributed by atoms with Gasteiger partial charge in [0.15, 0.2) is 9.92 Å². The van der Waals surface area contributed by atoms with Crippen molar-refractivity contribution in [3.63, 3.8) is 0 Å². The van der Waals surface area contributed by atoms with Crippen LogP contribution in [0.1, 0.15) is 6.92 Å². The van der Waals surface area contributed by atoms with Gasteiger partial charge in [-0.2, -0.15) is 4.99 Å². The molecule has 0 fully saturated rings. The van der Waals surface area contributed by atoms with Crippen molar-refractivity contribution in [2.45, 2.75) is 13.5 Å². The van der Waals surface area contributed by atoms with Crippen LogP contribution in [0.15, 0.2) is 35.8 Å². The Kier molecular flexibility index (Phi) is 5.08. The van der Waals surface area contributed by atoms with Crippen molar-refractivity contribution in [2.24, 2.45) is 4.99 Å². The zero-order chi connectivity index (χ0) is 15.4. The molecular weight excluding hydrogens is 311 g/mol. The highest BCUT2D eigenvalue weighted by atomic mass is 32.2. The molecule has 0 aliphatic rings. The van der Waals surface area contributed by atoms with Crippen molar-refractivity contribution < 1.29 is 14.0 Å². The molecule has 0 radical (unpaired) electrons. The van der Waals surface area contributed by atoms with Crippen LogP contribution in [0.4, 0.5) is 4.39 Å². The largest absolute Gasteiger partial charge is 0.313 e. The molecule has 0 spiro atoms. The van der Waals surface area contributed by atoms with Crippen LogP contribution in [0.3, 0.4) is 0 Å². The van der Waals surface area contributed by atoms with E-state index in [-0.39, 0.29) is 22.6 Å². The van der Waals surface area contributed by atoms with Gasteiger partial charge in [-0.05, 0) is 18.2 Å². The third kappa shape index (κ3) is 3.89. The van der Waals surface area contributed by atoms with Gasteiger partial charge >= 0.3 is 0 Å². The first kappa shape index (κ1) is 15.7. The number of nitrogens with zero attached hydrogens (tertiary/aromatic N) is 2. The summed E-state index contributed by atoms with van der Waals surface area (Å²) in [5.41, 5.74) is 0.798. The van der Waals surface area contributed by atoms with Crippen molar-refractivity contribution in [3.8, 4) is 0 Å². The van der Waals surface area contributed by atoms with E-state index in [1.807, 2.05) is 0 Å². The third-order valence-electron chi connectivity index (χ3n) is 2.58. The Balaban J connectivity index is 2.46. The van der Waals surface area contributed by atoms with E-state index < -0.39 is 0 Å². The monoisotopic (exact) mass is 324 g/mol. The molecule has 0 aliphatic carbocycles. The van der Waals surface area contributed by atoms with E-state index in [9.17, 15) is 14.0 Å². The van der Waals surface area contributed by atoms with Crippen LogP contribution in [-0.2, 0) is 16.1 Å². The molecule has 110 valence electrons. The second-order valence-electron chi connectivity index (χ2n) is 4.18. The van der Waals surface area contributed by atoms with Gasteiger partial charge in [0.25, 0.3) is 5.91 Å². The fourth-order valence-corrected chi connectivity index (χ4v) is 3.21. The number of hydrogen-bond donors (Lipinski definition) is 0. The molecule has 0 saturated heterocycles. The van der Waals surface area contributed by atoms with Gasteiger partial charge in [0.05, 0.1) is 16.0 Å². The van der Waals surface area contributed by atoms with Crippen molar-refractivity contribution in [1.82, 2.24) is 4.57 Å². The SMILES string of the molecule is C=CCn1c(=NC(=O)CSC(C)=O)sc2cc(F)ccc21. The Morgan fingerprint density at radius 3 is 2.95 bits per heavy atom. The lowest BCUT2D eigenvalue weighted by atomic mass is 10.3. The maximum absolute atomic E-state index is 13.3. The van der Waals surface area contributed by atoms with Crippen molar-refractivity contribution >= 4 is 44.3 Å². The van der Waals surface area contributed by atoms with Gasteiger partial charge < -0.3 is 4.57 Å². The van der Waals surface area contributed by atoms with E-state index in [0.29, 0.717) is 16.0 Å². The highest BCUT2D eigenvalue weighted by molar-refractivity contribution is 8.14. The number of rotatable bonds is 4. The molecule has 0 aliphatic heterocycles. The summed E-state index contributed by atoms with van der Waals surface area (Å²) < 4.78 is 15.8. The molecule has 1 amide bonds. The lowest BCUT2D eigenvalue weighted by Crippen LogP contribution is -2.17. The van der Waals surface area contributed by atoms with Gasteiger partial charge in [-0.1, -0.05) is 29.2 Å². The molecule has 1 aromatic carbocycles. The van der Waals surface area contributed by atoms with E-state index in [1.165, 1.54) is 30.4 Å². The molecule has 7 heteroatoms. The zero-order valence-corrected chi connectivity index (χ0v) is 13.0. The van der Waals surface area contributed by atoms with Crippen LogP contribution in [0.25, 0.3) is 10.2 Å². The van der Waals surface area contributed by atoms with Crippen LogP contribution < -0.4 is 4.80 Å². The normalized spacial score (nSPS) is 11.8. The van der Waals surface area contributed by atoms with Gasteiger partial charge in [-0.3, -0.25) is 9.59 Å². The Labute approximate surface area is 129 Å². The number of thioether (sulfide) groups is 1. The Hall–Kier alpha value is -1.73. The molecule has 1 heterocycles. The van der Waals surface area contributed by atoms with E-state index in [4.69, 9.17) is 0 Å². The summed E-state index contributed by atoms with van der Waals surface area (Å²) in [4.78, 5) is 27.1. The third-order valence-corrected chi connectivity index (χ3v) is 4.41. The summed E-state index contributed by atoms with van der Waals surface area (Å²) in [6, 6.07) is 4.43. The number of carbonyl (C=O) groups is 2. The van der Waals surface area contributed by atoms with Gasteiger partial charge in [-0.15, -0.1) is 6.58 Å². The highest BCUT2D eigenvalue weighted by Crippen LogP contribution is 2.18. The molecular formula is C14H13FN2O2S2. The number of amides is 1. The van der Waals surface area contributed by atoms with E-state index in [0.717, 1.165) is 17.3 Å². The van der Waals surface area contributed by atoms with Crippen molar-refractivity contribution in [1.29, 1.82) is 0 Å². The molecule has 0 saturated carbocycles. The quantitative estimate of drug-likeness (QED) is 0.813. The lowest BCUT2D eigenvalue weighted by molar-refractivity contribution is -0.116. The molecule has 21 heavy (non-hydrogen) atoms. The van der Waals surface area contributed by atoms with E-state index in [1.54, 1.807) is 16.7 Å². The lowest BCUT2D eigenvalue weighted by Gasteiger charge is -2.00. The number of thiazole rings is 1. The fraction of sp³-hybridized carbons (Fsp3) is 0.214. The first-order valence-corrected chi connectivity index (χ1v) is 7.92. The standard InChI is InChI=1S/C14H13FN2O2S2/c1-3-6-17-11-5-4-10(15)7-12(11)21-14(17)16-13(19)8-20-9(2)18/h3-5,7H,1,6,8H2,2H3.